The molecule has 0 aromatic heterocycles. The Morgan fingerprint density at radius 1 is 1.09 bits per heavy atom. The molecule has 122 valence electrons. The fraction of sp³-hybridized carbons (Fsp3) is 0.250. The second kappa shape index (κ2) is 6.13. The zero-order valence-electron chi connectivity index (χ0n) is 11.7. The molecule has 0 bridgehead atoms. The highest BCUT2D eigenvalue weighted by Gasteiger charge is 2.32. The van der Waals surface area contributed by atoms with Gasteiger partial charge in [-0.2, -0.15) is 0 Å². The summed E-state index contributed by atoms with van der Waals surface area (Å²) in [6.45, 7) is 0.578. The van der Waals surface area contributed by atoms with Crippen LogP contribution >= 0.6 is 23.2 Å². The number of rotatable bonds is 2. The summed E-state index contributed by atoms with van der Waals surface area (Å²) in [5.41, 5.74) is 2.12. The predicted octanol–water partition coefficient (Wildman–Crippen LogP) is 5.88. The van der Waals surface area contributed by atoms with Gasteiger partial charge in [-0.15, -0.1) is 13.2 Å². The van der Waals surface area contributed by atoms with E-state index in [4.69, 9.17) is 27.9 Å². The van der Waals surface area contributed by atoms with Crippen LogP contribution in [-0.2, 0) is 6.42 Å². The van der Waals surface area contributed by atoms with Crippen molar-refractivity contribution in [1.82, 2.24) is 0 Å². The van der Waals surface area contributed by atoms with Gasteiger partial charge in [0.25, 0.3) is 0 Å². The van der Waals surface area contributed by atoms with Gasteiger partial charge in [-0.05, 0) is 30.5 Å². The lowest BCUT2D eigenvalue weighted by atomic mass is 9.97. The molecule has 2 aromatic carbocycles. The molecule has 0 unspecified atom stereocenters. The van der Waals surface area contributed by atoms with Crippen LogP contribution in [0.4, 0.5) is 13.2 Å². The molecule has 23 heavy (non-hydrogen) atoms. The summed E-state index contributed by atoms with van der Waals surface area (Å²) >= 11 is 12.3. The summed E-state index contributed by atoms with van der Waals surface area (Å²) in [7, 11) is 0. The van der Waals surface area contributed by atoms with Crippen molar-refractivity contribution in [2.24, 2.45) is 0 Å². The van der Waals surface area contributed by atoms with Gasteiger partial charge in [0, 0.05) is 11.1 Å². The van der Waals surface area contributed by atoms with Gasteiger partial charge in [0.05, 0.1) is 16.7 Å². The smallest absolute Gasteiger partial charge is 0.493 e. The molecule has 1 aliphatic heterocycles. The van der Waals surface area contributed by atoms with Gasteiger partial charge < -0.3 is 9.47 Å². The van der Waals surface area contributed by atoms with E-state index in [-0.39, 0.29) is 10.0 Å². The number of halogens is 5. The summed E-state index contributed by atoms with van der Waals surface area (Å²) in [6.07, 6.45) is -3.02. The third-order valence-electron chi connectivity index (χ3n) is 3.45. The van der Waals surface area contributed by atoms with E-state index in [2.05, 4.69) is 4.74 Å². The fourth-order valence-electron chi connectivity index (χ4n) is 2.59. The molecule has 3 rings (SSSR count). The van der Waals surface area contributed by atoms with Crippen molar-refractivity contribution < 1.29 is 22.6 Å². The van der Waals surface area contributed by atoms with Crippen LogP contribution in [0.15, 0.2) is 30.3 Å². The zero-order chi connectivity index (χ0) is 16.6. The highest BCUT2D eigenvalue weighted by atomic mass is 35.5. The van der Waals surface area contributed by atoms with Crippen molar-refractivity contribution in [3.8, 4) is 22.6 Å². The van der Waals surface area contributed by atoms with Crippen molar-refractivity contribution >= 4 is 23.2 Å². The number of alkyl halides is 3. The lowest BCUT2D eigenvalue weighted by molar-refractivity contribution is -0.274. The predicted molar refractivity (Wildman–Crippen MR) is 82.4 cm³/mol. The molecular weight excluding hydrogens is 352 g/mol. The van der Waals surface area contributed by atoms with Crippen molar-refractivity contribution in [2.45, 2.75) is 19.2 Å². The number of hydrogen-bond acceptors (Lipinski definition) is 2. The molecule has 0 amide bonds. The van der Waals surface area contributed by atoms with Crippen LogP contribution in [0.25, 0.3) is 11.1 Å². The lowest BCUT2D eigenvalue weighted by Gasteiger charge is -2.21. The molecular formula is C16H11Cl2F3O2. The molecule has 1 aliphatic rings. The first-order valence-electron chi connectivity index (χ1n) is 6.85. The van der Waals surface area contributed by atoms with Crippen LogP contribution in [-0.4, -0.2) is 13.0 Å². The summed E-state index contributed by atoms with van der Waals surface area (Å²) in [4.78, 5) is 0. The number of aryl methyl sites for hydroxylation is 1. The van der Waals surface area contributed by atoms with E-state index in [1.807, 2.05) is 12.1 Å². The van der Waals surface area contributed by atoms with E-state index < -0.39 is 12.1 Å². The number of hydrogen-bond donors (Lipinski definition) is 0. The first kappa shape index (κ1) is 16.3. The summed E-state index contributed by atoms with van der Waals surface area (Å²) < 4.78 is 46.5. The van der Waals surface area contributed by atoms with Crippen LogP contribution in [0.2, 0.25) is 10.0 Å². The highest BCUT2D eigenvalue weighted by molar-refractivity contribution is 6.39. The van der Waals surface area contributed by atoms with Gasteiger partial charge in [0.2, 0.25) is 0 Å². The maximum Gasteiger partial charge on any atom is 0.573 e. The molecule has 0 saturated carbocycles. The number of para-hydroxylation sites is 1. The minimum absolute atomic E-state index is 0.0688. The van der Waals surface area contributed by atoms with E-state index in [1.54, 1.807) is 6.07 Å². The van der Waals surface area contributed by atoms with Crippen molar-refractivity contribution in [3.05, 3.63) is 45.9 Å². The topological polar surface area (TPSA) is 18.5 Å². The first-order chi connectivity index (χ1) is 10.8. The summed E-state index contributed by atoms with van der Waals surface area (Å²) in [5, 5.41) is 0.138. The molecule has 0 spiro atoms. The van der Waals surface area contributed by atoms with E-state index in [0.717, 1.165) is 30.5 Å². The Morgan fingerprint density at radius 3 is 2.43 bits per heavy atom. The second-order valence-electron chi connectivity index (χ2n) is 5.06. The Labute approximate surface area is 140 Å². The van der Waals surface area contributed by atoms with Gasteiger partial charge >= 0.3 is 6.36 Å². The number of benzene rings is 2. The van der Waals surface area contributed by atoms with Crippen molar-refractivity contribution in [3.63, 3.8) is 0 Å². The van der Waals surface area contributed by atoms with Crippen LogP contribution < -0.4 is 9.47 Å². The average molecular weight is 363 g/mol. The third-order valence-corrected chi connectivity index (χ3v) is 4.05. The Morgan fingerprint density at radius 2 is 1.78 bits per heavy atom. The molecule has 0 atom stereocenters. The molecule has 0 radical (unpaired) electrons. The molecule has 0 saturated heterocycles. The van der Waals surface area contributed by atoms with E-state index in [1.165, 1.54) is 0 Å². The summed E-state index contributed by atoms with van der Waals surface area (Å²) in [5.74, 6) is 0.217. The van der Waals surface area contributed by atoms with Crippen LogP contribution in [0.1, 0.15) is 12.0 Å². The highest BCUT2D eigenvalue weighted by Crippen LogP contribution is 2.44. The van der Waals surface area contributed by atoms with Gasteiger partial charge in [-0.3, -0.25) is 0 Å². The SMILES string of the molecule is FC(F)(F)Oc1cc(Cl)c(-c2cccc3c2OCCC3)c(Cl)c1. The van der Waals surface area contributed by atoms with Crippen LogP contribution in [0.3, 0.4) is 0 Å². The molecule has 0 N–H and O–H groups in total. The maximum absolute atomic E-state index is 12.3. The number of ether oxygens (including phenoxy) is 2. The van der Waals surface area contributed by atoms with Crippen LogP contribution in [0, 0.1) is 0 Å². The zero-order valence-corrected chi connectivity index (χ0v) is 13.2. The van der Waals surface area contributed by atoms with Crippen molar-refractivity contribution in [2.75, 3.05) is 6.61 Å². The Hall–Kier alpha value is -1.59. The maximum atomic E-state index is 12.3. The Balaban J connectivity index is 2.08. The van der Waals surface area contributed by atoms with E-state index in [0.29, 0.717) is 23.5 Å². The van der Waals surface area contributed by atoms with E-state index in [9.17, 15) is 13.2 Å². The molecule has 2 aromatic rings. The molecule has 2 nitrogen and oxygen atoms in total. The monoisotopic (exact) mass is 362 g/mol. The standard InChI is InChI=1S/C16H11Cl2F3O2/c17-12-7-10(23-16(19,20)21)8-13(18)14(12)11-5-1-3-9-4-2-6-22-15(9)11/h1,3,5,7-8H,2,4,6H2. The van der Waals surface area contributed by atoms with Gasteiger partial charge in [0.1, 0.15) is 11.5 Å². The fourth-order valence-corrected chi connectivity index (χ4v) is 3.26. The molecule has 7 heteroatoms. The minimum Gasteiger partial charge on any atom is -0.493 e. The molecule has 0 aliphatic carbocycles. The van der Waals surface area contributed by atoms with Gasteiger partial charge in [-0.25, -0.2) is 0 Å². The van der Waals surface area contributed by atoms with Gasteiger partial charge in [0.15, 0.2) is 0 Å². The lowest BCUT2D eigenvalue weighted by Crippen LogP contribution is -2.17. The molecule has 0 fully saturated rings. The third kappa shape index (κ3) is 3.51. The van der Waals surface area contributed by atoms with Crippen molar-refractivity contribution in [1.29, 1.82) is 0 Å². The Kier molecular flexibility index (Phi) is 4.34. The van der Waals surface area contributed by atoms with Gasteiger partial charge in [-0.1, -0.05) is 41.4 Å². The quantitative estimate of drug-likeness (QED) is 0.663. The first-order valence-corrected chi connectivity index (χ1v) is 7.60. The normalized spacial score (nSPS) is 14.1. The minimum atomic E-state index is -4.80. The molecule has 1 heterocycles. The Bertz CT molecular complexity index is 722. The van der Waals surface area contributed by atoms with Crippen LogP contribution in [0.5, 0.6) is 11.5 Å². The average Bonchev–Trinajstić information content (AvgIpc) is 2.45. The number of fused-ring (bicyclic) bond motifs is 1. The van der Waals surface area contributed by atoms with E-state index >= 15 is 0 Å². The largest absolute Gasteiger partial charge is 0.573 e. The second-order valence-corrected chi connectivity index (χ2v) is 5.87. The summed E-state index contributed by atoms with van der Waals surface area (Å²) in [6, 6.07) is 7.76.